The lowest BCUT2D eigenvalue weighted by atomic mass is 10.2. The lowest BCUT2D eigenvalue weighted by Crippen LogP contribution is -2.00. The Morgan fingerprint density at radius 2 is 2.24 bits per heavy atom. The lowest BCUT2D eigenvalue weighted by Gasteiger charge is -2.04. The molecule has 88 valence electrons. The number of hydrogen-bond donors (Lipinski definition) is 1. The van der Waals surface area contributed by atoms with Gasteiger partial charge in [0.1, 0.15) is 0 Å². The van der Waals surface area contributed by atoms with Crippen LogP contribution in [0.25, 0.3) is 0 Å². The van der Waals surface area contributed by atoms with Gasteiger partial charge >= 0.3 is 5.97 Å². The van der Waals surface area contributed by atoms with Crippen molar-refractivity contribution in [1.82, 2.24) is 14.8 Å². The van der Waals surface area contributed by atoms with Gasteiger partial charge < -0.3 is 5.11 Å². The van der Waals surface area contributed by atoms with Gasteiger partial charge in [-0.2, -0.15) is 5.10 Å². The van der Waals surface area contributed by atoms with E-state index >= 15 is 0 Å². The molecule has 6 heteroatoms. The largest absolute Gasteiger partial charge is 0.478 e. The monoisotopic (exact) mass is 249 g/mol. The van der Waals surface area contributed by atoms with Crippen molar-refractivity contribution in [3.05, 3.63) is 35.9 Å². The first kappa shape index (κ1) is 11.7. The molecule has 5 nitrogen and oxygen atoms in total. The third-order valence-electron chi connectivity index (χ3n) is 2.14. The van der Waals surface area contributed by atoms with Gasteiger partial charge in [0.25, 0.3) is 0 Å². The second-order valence-corrected chi connectivity index (χ2v) is 4.69. The molecule has 0 saturated heterocycles. The molecule has 0 atom stereocenters. The molecule has 0 spiro atoms. The topological polar surface area (TPSA) is 68.0 Å². The van der Waals surface area contributed by atoms with E-state index in [1.54, 1.807) is 16.9 Å². The standard InChI is InChI=1S/C11H11N3O2S/c1-7-3-10(9(5-12-7)11(15)16)17-8-4-13-14(2)6-8/h3-6H,1-2H3,(H,15,16). The van der Waals surface area contributed by atoms with E-state index in [9.17, 15) is 4.79 Å². The number of hydrogen-bond acceptors (Lipinski definition) is 4. The summed E-state index contributed by atoms with van der Waals surface area (Å²) in [4.78, 5) is 16.6. The third-order valence-corrected chi connectivity index (χ3v) is 3.15. The second-order valence-electron chi connectivity index (χ2n) is 3.58. The molecule has 1 N–H and O–H groups in total. The van der Waals surface area contributed by atoms with Gasteiger partial charge in [-0.25, -0.2) is 4.79 Å². The predicted octanol–water partition coefficient (Wildman–Crippen LogP) is 1.97. The fourth-order valence-electron chi connectivity index (χ4n) is 1.36. The molecule has 0 radical (unpaired) electrons. The number of pyridine rings is 1. The van der Waals surface area contributed by atoms with Crippen LogP contribution in [0.1, 0.15) is 16.1 Å². The first-order chi connectivity index (χ1) is 8.06. The molecular formula is C11H11N3O2S. The lowest BCUT2D eigenvalue weighted by molar-refractivity contribution is 0.0692. The quantitative estimate of drug-likeness (QED) is 0.900. The van der Waals surface area contributed by atoms with Gasteiger partial charge in [-0.3, -0.25) is 9.67 Å². The Morgan fingerprint density at radius 3 is 2.82 bits per heavy atom. The van der Waals surface area contributed by atoms with Crippen molar-refractivity contribution in [1.29, 1.82) is 0 Å². The molecule has 0 aliphatic rings. The molecule has 2 aromatic heterocycles. The minimum absolute atomic E-state index is 0.212. The molecule has 2 aromatic rings. The van der Waals surface area contributed by atoms with Gasteiger partial charge in [0, 0.05) is 30.0 Å². The van der Waals surface area contributed by atoms with E-state index in [0.29, 0.717) is 4.90 Å². The molecule has 17 heavy (non-hydrogen) atoms. The molecule has 0 fully saturated rings. The van der Waals surface area contributed by atoms with Crippen molar-refractivity contribution in [3.8, 4) is 0 Å². The number of nitrogens with zero attached hydrogens (tertiary/aromatic N) is 3. The molecule has 0 unspecified atom stereocenters. The molecule has 0 amide bonds. The number of carboxylic acid groups (broad SMARTS) is 1. The van der Waals surface area contributed by atoms with Crippen LogP contribution in [-0.4, -0.2) is 25.8 Å². The Labute approximate surface area is 102 Å². The first-order valence-corrected chi connectivity index (χ1v) is 5.74. The summed E-state index contributed by atoms with van der Waals surface area (Å²) in [6, 6.07) is 1.76. The van der Waals surface area contributed by atoms with E-state index in [-0.39, 0.29) is 5.56 Å². The minimum atomic E-state index is -0.969. The first-order valence-electron chi connectivity index (χ1n) is 4.92. The molecular weight excluding hydrogens is 238 g/mol. The highest BCUT2D eigenvalue weighted by Crippen LogP contribution is 2.30. The van der Waals surface area contributed by atoms with Crippen LogP contribution in [0.2, 0.25) is 0 Å². The van der Waals surface area contributed by atoms with E-state index in [4.69, 9.17) is 5.11 Å². The van der Waals surface area contributed by atoms with E-state index in [2.05, 4.69) is 10.1 Å². The van der Waals surface area contributed by atoms with Crippen LogP contribution in [0.15, 0.2) is 34.4 Å². The molecule has 0 aromatic carbocycles. The number of aromatic carboxylic acids is 1. The summed E-state index contributed by atoms with van der Waals surface area (Å²) in [5, 5.41) is 13.1. The minimum Gasteiger partial charge on any atom is -0.478 e. The third kappa shape index (κ3) is 2.65. The zero-order valence-electron chi connectivity index (χ0n) is 9.41. The van der Waals surface area contributed by atoms with E-state index < -0.39 is 5.97 Å². The van der Waals surface area contributed by atoms with Crippen LogP contribution in [0, 0.1) is 6.92 Å². The number of aryl methyl sites for hydroxylation is 2. The number of carbonyl (C=O) groups is 1. The molecule has 0 aliphatic carbocycles. The van der Waals surface area contributed by atoms with E-state index in [1.807, 2.05) is 20.2 Å². The fraction of sp³-hybridized carbons (Fsp3) is 0.182. The van der Waals surface area contributed by atoms with Gasteiger partial charge in [0.05, 0.1) is 16.7 Å². The molecule has 0 saturated carbocycles. The molecule has 0 aliphatic heterocycles. The normalized spacial score (nSPS) is 10.5. The smallest absolute Gasteiger partial charge is 0.338 e. The van der Waals surface area contributed by atoms with Gasteiger partial charge in [0.15, 0.2) is 0 Å². The van der Waals surface area contributed by atoms with Crippen molar-refractivity contribution < 1.29 is 9.90 Å². The van der Waals surface area contributed by atoms with Gasteiger partial charge in [-0.15, -0.1) is 0 Å². The van der Waals surface area contributed by atoms with Crippen LogP contribution >= 0.6 is 11.8 Å². The maximum atomic E-state index is 11.1. The zero-order chi connectivity index (χ0) is 12.4. The maximum Gasteiger partial charge on any atom is 0.338 e. The second kappa shape index (κ2) is 4.58. The average Bonchev–Trinajstić information content (AvgIpc) is 2.63. The highest BCUT2D eigenvalue weighted by Gasteiger charge is 2.12. The van der Waals surface area contributed by atoms with Crippen molar-refractivity contribution in [3.63, 3.8) is 0 Å². The van der Waals surface area contributed by atoms with E-state index in [0.717, 1.165) is 10.6 Å². The van der Waals surface area contributed by atoms with Crippen molar-refractivity contribution in [2.75, 3.05) is 0 Å². The Bertz CT molecular complexity index is 566. The number of carboxylic acids is 1. The Hall–Kier alpha value is -1.82. The summed E-state index contributed by atoms with van der Waals surface area (Å²) in [5.74, 6) is -0.969. The highest BCUT2D eigenvalue weighted by atomic mass is 32.2. The maximum absolute atomic E-state index is 11.1. The fourth-order valence-corrected chi connectivity index (χ4v) is 2.40. The number of aromatic nitrogens is 3. The van der Waals surface area contributed by atoms with Crippen LogP contribution in [0.5, 0.6) is 0 Å². The Kier molecular flexibility index (Phi) is 3.14. The van der Waals surface area contributed by atoms with Gasteiger partial charge in [-0.05, 0) is 13.0 Å². The van der Waals surface area contributed by atoms with Crippen molar-refractivity contribution in [2.45, 2.75) is 16.7 Å². The van der Waals surface area contributed by atoms with Crippen LogP contribution in [0.4, 0.5) is 0 Å². The van der Waals surface area contributed by atoms with Gasteiger partial charge in [-0.1, -0.05) is 11.8 Å². The average molecular weight is 249 g/mol. The summed E-state index contributed by atoms with van der Waals surface area (Å²) >= 11 is 1.37. The summed E-state index contributed by atoms with van der Waals surface area (Å²) in [7, 11) is 1.82. The van der Waals surface area contributed by atoms with Crippen molar-refractivity contribution >= 4 is 17.7 Å². The SMILES string of the molecule is Cc1cc(Sc2cnn(C)c2)c(C(=O)O)cn1. The summed E-state index contributed by atoms with van der Waals surface area (Å²) < 4.78 is 1.68. The van der Waals surface area contributed by atoms with Crippen LogP contribution in [0.3, 0.4) is 0 Å². The summed E-state index contributed by atoms with van der Waals surface area (Å²) in [5.41, 5.74) is 1.01. The Balaban J connectivity index is 2.37. The molecule has 0 bridgehead atoms. The zero-order valence-corrected chi connectivity index (χ0v) is 10.2. The summed E-state index contributed by atoms with van der Waals surface area (Å²) in [6.07, 6.45) is 4.93. The number of rotatable bonds is 3. The molecule has 2 rings (SSSR count). The van der Waals surface area contributed by atoms with Crippen LogP contribution in [-0.2, 0) is 7.05 Å². The Morgan fingerprint density at radius 1 is 1.47 bits per heavy atom. The predicted molar refractivity (Wildman–Crippen MR) is 63.3 cm³/mol. The highest BCUT2D eigenvalue weighted by molar-refractivity contribution is 7.99. The summed E-state index contributed by atoms with van der Waals surface area (Å²) in [6.45, 7) is 1.83. The van der Waals surface area contributed by atoms with Crippen LogP contribution < -0.4 is 0 Å². The molecule has 2 heterocycles. The van der Waals surface area contributed by atoms with E-state index in [1.165, 1.54) is 18.0 Å². The van der Waals surface area contributed by atoms with Crippen molar-refractivity contribution in [2.24, 2.45) is 7.05 Å². The van der Waals surface area contributed by atoms with Gasteiger partial charge in [0.2, 0.25) is 0 Å².